The van der Waals surface area contributed by atoms with Crippen molar-refractivity contribution in [3.63, 3.8) is 0 Å². The molecule has 108 valence electrons. The molecule has 0 spiro atoms. The lowest BCUT2D eigenvalue weighted by Gasteiger charge is -2.19. The molecule has 4 heteroatoms. The van der Waals surface area contributed by atoms with Crippen molar-refractivity contribution < 1.29 is 4.74 Å². The number of methoxy groups -OCH3 is 1. The van der Waals surface area contributed by atoms with Gasteiger partial charge in [0.1, 0.15) is 5.75 Å². The summed E-state index contributed by atoms with van der Waals surface area (Å²) in [6.45, 7) is 3.13. The van der Waals surface area contributed by atoms with Gasteiger partial charge in [0.2, 0.25) is 0 Å². The van der Waals surface area contributed by atoms with Crippen LogP contribution in [0.25, 0.3) is 0 Å². The fourth-order valence-corrected chi connectivity index (χ4v) is 3.46. The fourth-order valence-electron chi connectivity index (χ4n) is 2.37. The predicted molar refractivity (Wildman–Crippen MR) is 89.9 cm³/mol. The third-order valence-corrected chi connectivity index (χ3v) is 4.49. The van der Waals surface area contributed by atoms with Gasteiger partial charge in [-0.15, -0.1) is 0 Å². The van der Waals surface area contributed by atoms with E-state index in [4.69, 9.17) is 4.74 Å². The number of thiophene rings is 1. The van der Waals surface area contributed by atoms with Crippen molar-refractivity contribution in [3.05, 3.63) is 50.6 Å². The van der Waals surface area contributed by atoms with Crippen molar-refractivity contribution in [2.24, 2.45) is 0 Å². The number of nitrogens with one attached hydrogen (secondary N) is 1. The molecule has 0 aliphatic rings. The number of hydrogen-bond donors (Lipinski definition) is 1. The Hall–Kier alpha value is -0.840. The van der Waals surface area contributed by atoms with Crippen LogP contribution in [0.3, 0.4) is 0 Å². The van der Waals surface area contributed by atoms with Crippen LogP contribution in [0.5, 0.6) is 5.75 Å². The molecular formula is C16H20BrNOS. The number of ether oxygens (including phenoxy) is 1. The highest BCUT2D eigenvalue weighted by Gasteiger charge is 2.13. The van der Waals surface area contributed by atoms with E-state index < -0.39 is 0 Å². The summed E-state index contributed by atoms with van der Waals surface area (Å²) in [7, 11) is 1.73. The van der Waals surface area contributed by atoms with E-state index >= 15 is 0 Å². The van der Waals surface area contributed by atoms with Gasteiger partial charge in [-0.3, -0.25) is 0 Å². The van der Waals surface area contributed by atoms with Crippen molar-refractivity contribution in [1.82, 2.24) is 5.32 Å². The molecule has 2 nitrogen and oxygen atoms in total. The minimum absolute atomic E-state index is 0.429. The Morgan fingerprint density at radius 2 is 2.15 bits per heavy atom. The first kappa shape index (κ1) is 15.5. The Balaban J connectivity index is 2.12. The van der Waals surface area contributed by atoms with E-state index in [1.165, 1.54) is 11.1 Å². The number of rotatable bonds is 7. The van der Waals surface area contributed by atoms with Crippen molar-refractivity contribution in [2.45, 2.75) is 25.8 Å². The van der Waals surface area contributed by atoms with Crippen molar-refractivity contribution in [3.8, 4) is 5.75 Å². The van der Waals surface area contributed by atoms with Gasteiger partial charge in [-0.2, -0.15) is 11.3 Å². The Kier molecular flexibility index (Phi) is 6.07. The molecule has 1 atom stereocenters. The maximum Gasteiger partial charge on any atom is 0.122 e. The SMILES string of the molecule is CCNC(Cc1ccsc1)Cc1cc(Br)ccc1OC. The van der Waals surface area contributed by atoms with Crippen LogP contribution in [0.15, 0.2) is 39.5 Å². The van der Waals surface area contributed by atoms with Crippen LogP contribution in [0.2, 0.25) is 0 Å². The Labute approximate surface area is 133 Å². The molecule has 2 aromatic rings. The third-order valence-electron chi connectivity index (χ3n) is 3.26. The Morgan fingerprint density at radius 3 is 2.80 bits per heavy atom. The van der Waals surface area contributed by atoms with Crippen LogP contribution in [0.4, 0.5) is 0 Å². The summed E-state index contributed by atoms with van der Waals surface area (Å²) in [6, 6.07) is 8.82. The van der Waals surface area contributed by atoms with E-state index in [1.807, 2.05) is 12.1 Å². The van der Waals surface area contributed by atoms with E-state index in [2.05, 4.69) is 51.1 Å². The summed E-state index contributed by atoms with van der Waals surface area (Å²) in [5.41, 5.74) is 2.64. The van der Waals surface area contributed by atoms with Crippen LogP contribution in [-0.4, -0.2) is 19.7 Å². The lowest BCUT2D eigenvalue weighted by atomic mass is 10.00. The zero-order valence-electron chi connectivity index (χ0n) is 11.9. The number of hydrogen-bond acceptors (Lipinski definition) is 3. The van der Waals surface area contributed by atoms with Gasteiger partial charge >= 0.3 is 0 Å². The van der Waals surface area contributed by atoms with E-state index in [-0.39, 0.29) is 0 Å². The van der Waals surface area contributed by atoms with Crippen LogP contribution < -0.4 is 10.1 Å². The monoisotopic (exact) mass is 353 g/mol. The minimum atomic E-state index is 0.429. The molecular weight excluding hydrogens is 334 g/mol. The quantitative estimate of drug-likeness (QED) is 0.801. The predicted octanol–water partition coefficient (Wildman–Crippen LogP) is 4.28. The summed E-state index contributed by atoms with van der Waals surface area (Å²) >= 11 is 5.30. The second kappa shape index (κ2) is 7.81. The molecule has 0 saturated carbocycles. The zero-order valence-corrected chi connectivity index (χ0v) is 14.3. The molecule has 1 aromatic carbocycles. The van der Waals surface area contributed by atoms with E-state index in [0.29, 0.717) is 6.04 Å². The standard InChI is InChI=1S/C16H20BrNOS/c1-3-18-15(8-12-6-7-20-11-12)10-13-9-14(17)4-5-16(13)19-2/h4-7,9,11,15,18H,3,8,10H2,1-2H3. The van der Waals surface area contributed by atoms with Gasteiger partial charge in [-0.25, -0.2) is 0 Å². The average Bonchev–Trinajstić information content (AvgIpc) is 2.92. The van der Waals surface area contributed by atoms with Crippen LogP contribution >= 0.6 is 27.3 Å². The summed E-state index contributed by atoms with van der Waals surface area (Å²) in [5, 5.41) is 7.94. The van der Waals surface area contributed by atoms with E-state index in [0.717, 1.165) is 29.6 Å². The number of halogens is 1. The molecule has 0 radical (unpaired) electrons. The summed E-state index contributed by atoms with van der Waals surface area (Å²) in [5.74, 6) is 0.960. The molecule has 0 aliphatic carbocycles. The minimum Gasteiger partial charge on any atom is -0.496 e. The highest BCUT2D eigenvalue weighted by molar-refractivity contribution is 9.10. The Bertz CT molecular complexity index is 527. The maximum absolute atomic E-state index is 5.47. The second-order valence-corrected chi connectivity index (χ2v) is 6.45. The summed E-state index contributed by atoms with van der Waals surface area (Å²) < 4.78 is 6.56. The first-order valence-electron chi connectivity index (χ1n) is 6.79. The summed E-state index contributed by atoms with van der Waals surface area (Å²) in [4.78, 5) is 0. The second-order valence-electron chi connectivity index (χ2n) is 4.75. The normalized spacial score (nSPS) is 12.3. The molecule has 1 unspecified atom stereocenters. The topological polar surface area (TPSA) is 21.3 Å². The molecule has 20 heavy (non-hydrogen) atoms. The molecule has 2 rings (SSSR count). The molecule has 1 heterocycles. The fraction of sp³-hybridized carbons (Fsp3) is 0.375. The third kappa shape index (κ3) is 4.33. The van der Waals surface area contributed by atoms with Crippen LogP contribution in [0.1, 0.15) is 18.1 Å². The van der Waals surface area contributed by atoms with Gasteiger partial charge in [-0.1, -0.05) is 22.9 Å². The molecule has 0 saturated heterocycles. The van der Waals surface area contributed by atoms with Crippen molar-refractivity contribution in [2.75, 3.05) is 13.7 Å². The van der Waals surface area contributed by atoms with Gasteiger partial charge in [-0.05, 0) is 65.5 Å². The lowest BCUT2D eigenvalue weighted by Crippen LogP contribution is -2.33. The van der Waals surface area contributed by atoms with Crippen LogP contribution in [-0.2, 0) is 12.8 Å². The smallest absolute Gasteiger partial charge is 0.122 e. The first-order valence-corrected chi connectivity index (χ1v) is 8.53. The number of benzene rings is 1. The molecule has 0 amide bonds. The average molecular weight is 354 g/mol. The zero-order chi connectivity index (χ0) is 14.4. The lowest BCUT2D eigenvalue weighted by molar-refractivity contribution is 0.404. The Morgan fingerprint density at radius 1 is 1.30 bits per heavy atom. The van der Waals surface area contributed by atoms with E-state index in [9.17, 15) is 0 Å². The van der Waals surface area contributed by atoms with Gasteiger partial charge in [0.05, 0.1) is 7.11 Å². The van der Waals surface area contributed by atoms with Gasteiger partial charge in [0.25, 0.3) is 0 Å². The highest BCUT2D eigenvalue weighted by Crippen LogP contribution is 2.25. The molecule has 1 N–H and O–H groups in total. The van der Waals surface area contributed by atoms with Crippen molar-refractivity contribution >= 4 is 27.3 Å². The first-order chi connectivity index (χ1) is 9.72. The molecule has 1 aromatic heterocycles. The van der Waals surface area contributed by atoms with Gasteiger partial charge in [0, 0.05) is 10.5 Å². The molecule has 0 fully saturated rings. The summed E-state index contributed by atoms with van der Waals surface area (Å²) in [6.07, 6.45) is 2.01. The molecule has 0 bridgehead atoms. The van der Waals surface area contributed by atoms with Crippen LogP contribution in [0, 0.1) is 0 Å². The van der Waals surface area contributed by atoms with Gasteiger partial charge in [0.15, 0.2) is 0 Å². The number of likely N-dealkylation sites (N-methyl/N-ethyl adjacent to an activating group) is 1. The molecule has 0 aliphatic heterocycles. The maximum atomic E-state index is 5.47. The highest BCUT2D eigenvalue weighted by atomic mass is 79.9. The van der Waals surface area contributed by atoms with Gasteiger partial charge < -0.3 is 10.1 Å². The van der Waals surface area contributed by atoms with Crippen molar-refractivity contribution in [1.29, 1.82) is 0 Å². The van der Waals surface area contributed by atoms with E-state index in [1.54, 1.807) is 18.4 Å². The largest absolute Gasteiger partial charge is 0.496 e.